The minimum atomic E-state index is 0.665. The zero-order valence-electron chi connectivity index (χ0n) is 10.7. The van der Waals surface area contributed by atoms with Crippen molar-refractivity contribution in [3.05, 3.63) is 35.4 Å². The molecule has 0 aliphatic heterocycles. The molecule has 84 valence electrons. The van der Waals surface area contributed by atoms with Gasteiger partial charge in [-0.2, -0.15) is 0 Å². The van der Waals surface area contributed by atoms with Crippen LogP contribution in [0, 0.1) is 11.8 Å². The quantitative estimate of drug-likeness (QED) is 0.670. The molecular weight excluding hydrogens is 180 g/mol. The number of hydrogen-bond donors (Lipinski definition) is 0. The average molecular weight is 204 g/mol. The molecule has 15 heavy (non-hydrogen) atoms. The monoisotopic (exact) mass is 204 g/mol. The van der Waals surface area contributed by atoms with Gasteiger partial charge >= 0.3 is 0 Å². The normalized spacial score (nSPS) is 13.5. The lowest BCUT2D eigenvalue weighted by Gasteiger charge is -2.16. The van der Waals surface area contributed by atoms with Crippen molar-refractivity contribution in [1.29, 1.82) is 0 Å². The third-order valence-corrected chi connectivity index (χ3v) is 3.15. The van der Waals surface area contributed by atoms with Crippen LogP contribution in [0.3, 0.4) is 0 Å². The highest BCUT2D eigenvalue weighted by molar-refractivity contribution is 5.25. The zero-order valence-corrected chi connectivity index (χ0v) is 10.7. The molecule has 0 saturated carbocycles. The first-order valence-electron chi connectivity index (χ1n) is 6.09. The molecule has 0 aliphatic carbocycles. The predicted molar refractivity (Wildman–Crippen MR) is 68.2 cm³/mol. The molecule has 1 aromatic carbocycles. The van der Waals surface area contributed by atoms with Gasteiger partial charge in [-0.05, 0) is 35.3 Å². The summed E-state index contributed by atoms with van der Waals surface area (Å²) >= 11 is 0. The van der Waals surface area contributed by atoms with Crippen LogP contribution in [0.15, 0.2) is 24.3 Å². The molecule has 0 radical (unpaired) electrons. The molecular formula is C15H24. The van der Waals surface area contributed by atoms with E-state index < -0.39 is 0 Å². The Bertz CT molecular complexity index is 279. The van der Waals surface area contributed by atoms with Gasteiger partial charge in [0.25, 0.3) is 0 Å². The van der Waals surface area contributed by atoms with E-state index in [1.807, 2.05) is 0 Å². The third kappa shape index (κ3) is 3.70. The second kappa shape index (κ2) is 5.34. The van der Waals surface area contributed by atoms with Gasteiger partial charge in [0.05, 0.1) is 0 Å². The van der Waals surface area contributed by atoms with Crippen molar-refractivity contribution in [1.82, 2.24) is 0 Å². The van der Waals surface area contributed by atoms with Crippen molar-refractivity contribution in [3.8, 4) is 0 Å². The maximum atomic E-state index is 2.31. The molecule has 0 nitrogen and oxygen atoms in total. The van der Waals surface area contributed by atoms with Crippen LogP contribution in [-0.4, -0.2) is 0 Å². The van der Waals surface area contributed by atoms with E-state index in [4.69, 9.17) is 0 Å². The number of rotatable bonds is 4. The molecule has 1 atom stereocenters. The predicted octanol–water partition coefficient (Wildman–Crippen LogP) is 4.64. The lowest BCUT2D eigenvalue weighted by Crippen LogP contribution is -2.02. The summed E-state index contributed by atoms with van der Waals surface area (Å²) in [6.45, 7) is 11.4. The molecule has 0 saturated heterocycles. The topological polar surface area (TPSA) is 0 Å². The van der Waals surface area contributed by atoms with Crippen molar-refractivity contribution in [2.75, 3.05) is 0 Å². The van der Waals surface area contributed by atoms with Gasteiger partial charge in [0, 0.05) is 0 Å². The van der Waals surface area contributed by atoms with Gasteiger partial charge in [-0.3, -0.25) is 0 Å². The van der Waals surface area contributed by atoms with Crippen LogP contribution >= 0.6 is 0 Å². The van der Waals surface area contributed by atoms with E-state index in [0.29, 0.717) is 5.92 Å². The molecule has 0 fully saturated rings. The highest BCUT2D eigenvalue weighted by atomic mass is 14.1. The van der Waals surface area contributed by atoms with Crippen molar-refractivity contribution >= 4 is 0 Å². The summed E-state index contributed by atoms with van der Waals surface area (Å²) < 4.78 is 0. The van der Waals surface area contributed by atoms with Crippen LogP contribution in [0.4, 0.5) is 0 Å². The molecule has 0 amide bonds. The Morgan fingerprint density at radius 1 is 0.867 bits per heavy atom. The van der Waals surface area contributed by atoms with Gasteiger partial charge in [0.1, 0.15) is 0 Å². The Labute approximate surface area is 94.7 Å². The Balaban J connectivity index is 2.72. The minimum Gasteiger partial charge on any atom is -0.0625 e. The third-order valence-electron chi connectivity index (χ3n) is 3.15. The van der Waals surface area contributed by atoms with Crippen LogP contribution in [0.1, 0.15) is 51.7 Å². The van der Waals surface area contributed by atoms with Crippen LogP contribution in [0.25, 0.3) is 0 Å². The first kappa shape index (κ1) is 12.3. The fraction of sp³-hybridized carbons (Fsp3) is 0.600. The summed E-state index contributed by atoms with van der Waals surface area (Å²) in [5.74, 6) is 2.14. The van der Waals surface area contributed by atoms with Crippen LogP contribution in [0.2, 0.25) is 0 Å². The Kier molecular flexibility index (Phi) is 4.38. The number of hydrogen-bond acceptors (Lipinski definition) is 0. The molecule has 0 spiro atoms. The average Bonchev–Trinajstić information content (AvgIpc) is 2.17. The highest BCUT2D eigenvalue weighted by Gasteiger charge is 2.09. The van der Waals surface area contributed by atoms with E-state index in [9.17, 15) is 0 Å². The van der Waals surface area contributed by atoms with Gasteiger partial charge in [0.2, 0.25) is 0 Å². The van der Waals surface area contributed by atoms with E-state index in [1.54, 1.807) is 0 Å². The van der Waals surface area contributed by atoms with Crippen LogP contribution < -0.4 is 0 Å². The van der Waals surface area contributed by atoms with E-state index in [-0.39, 0.29) is 0 Å². The summed E-state index contributed by atoms with van der Waals surface area (Å²) in [4.78, 5) is 0. The summed E-state index contributed by atoms with van der Waals surface area (Å²) in [5.41, 5.74) is 2.93. The fourth-order valence-electron chi connectivity index (χ4n) is 1.81. The van der Waals surface area contributed by atoms with Crippen molar-refractivity contribution in [2.24, 2.45) is 11.8 Å². The smallest absolute Gasteiger partial charge is 0.0167 e. The molecule has 1 aromatic rings. The molecule has 0 N–H and O–H groups in total. The van der Waals surface area contributed by atoms with Crippen LogP contribution in [0.5, 0.6) is 0 Å². The lowest BCUT2D eigenvalue weighted by molar-refractivity contribution is 0.535. The minimum absolute atomic E-state index is 0.665. The van der Waals surface area contributed by atoms with E-state index in [1.165, 1.54) is 17.5 Å². The molecule has 0 bridgehead atoms. The standard InChI is InChI=1S/C15H24/c1-11(2)10-14-6-8-15(9-7-14)13(5)12(3)4/h6-9,11-13H,10H2,1-5H3/t13-/m0/s1. The molecule has 0 aliphatic rings. The van der Waals surface area contributed by atoms with Crippen molar-refractivity contribution < 1.29 is 0 Å². The molecule has 0 aromatic heterocycles. The van der Waals surface area contributed by atoms with Gasteiger partial charge in [-0.1, -0.05) is 58.9 Å². The van der Waals surface area contributed by atoms with Crippen molar-refractivity contribution in [2.45, 2.75) is 47.0 Å². The Morgan fingerprint density at radius 2 is 1.40 bits per heavy atom. The largest absolute Gasteiger partial charge is 0.0625 e. The van der Waals surface area contributed by atoms with E-state index >= 15 is 0 Å². The Morgan fingerprint density at radius 3 is 1.80 bits per heavy atom. The first-order chi connectivity index (χ1) is 7.00. The maximum absolute atomic E-state index is 2.31. The van der Waals surface area contributed by atoms with E-state index in [2.05, 4.69) is 58.9 Å². The van der Waals surface area contributed by atoms with E-state index in [0.717, 1.165) is 11.8 Å². The molecule has 0 heterocycles. The van der Waals surface area contributed by atoms with Crippen LogP contribution in [-0.2, 0) is 6.42 Å². The maximum Gasteiger partial charge on any atom is -0.0167 e. The first-order valence-corrected chi connectivity index (χ1v) is 6.09. The second-order valence-corrected chi connectivity index (χ2v) is 5.37. The second-order valence-electron chi connectivity index (χ2n) is 5.37. The number of benzene rings is 1. The van der Waals surface area contributed by atoms with Gasteiger partial charge in [0.15, 0.2) is 0 Å². The van der Waals surface area contributed by atoms with Gasteiger partial charge in [-0.15, -0.1) is 0 Å². The molecule has 0 unspecified atom stereocenters. The van der Waals surface area contributed by atoms with Gasteiger partial charge in [-0.25, -0.2) is 0 Å². The Hall–Kier alpha value is -0.780. The molecule has 1 rings (SSSR count). The summed E-state index contributed by atoms with van der Waals surface area (Å²) in [7, 11) is 0. The van der Waals surface area contributed by atoms with Gasteiger partial charge < -0.3 is 0 Å². The summed E-state index contributed by atoms with van der Waals surface area (Å²) in [6.07, 6.45) is 1.19. The fourth-order valence-corrected chi connectivity index (χ4v) is 1.81. The highest BCUT2D eigenvalue weighted by Crippen LogP contribution is 2.24. The summed E-state index contributed by atoms with van der Waals surface area (Å²) in [6, 6.07) is 9.16. The zero-order chi connectivity index (χ0) is 11.4. The SMILES string of the molecule is CC(C)Cc1ccc([C@@H](C)C(C)C)cc1. The molecule has 0 heteroatoms. The van der Waals surface area contributed by atoms with Crippen molar-refractivity contribution in [3.63, 3.8) is 0 Å². The summed E-state index contributed by atoms with van der Waals surface area (Å²) in [5, 5.41) is 0. The lowest BCUT2D eigenvalue weighted by atomic mass is 9.89.